The SMILES string of the molecule is CCNCCCCN(CCCCN(Cc1ccccc1)C[C@@H](O)CCNCC)Cc1ccccc1. The highest BCUT2D eigenvalue weighted by molar-refractivity contribution is 5.15. The van der Waals surface area contributed by atoms with Gasteiger partial charge < -0.3 is 15.7 Å². The van der Waals surface area contributed by atoms with Gasteiger partial charge in [0.25, 0.3) is 0 Å². The van der Waals surface area contributed by atoms with Crippen LogP contribution in [-0.4, -0.2) is 73.4 Å². The molecule has 0 unspecified atom stereocenters. The Labute approximate surface area is 214 Å². The molecule has 0 aromatic heterocycles. The van der Waals surface area contributed by atoms with E-state index >= 15 is 0 Å². The van der Waals surface area contributed by atoms with E-state index in [1.807, 2.05) is 0 Å². The van der Waals surface area contributed by atoms with Crippen molar-refractivity contribution < 1.29 is 5.11 Å². The average Bonchev–Trinajstić information content (AvgIpc) is 2.87. The molecule has 196 valence electrons. The summed E-state index contributed by atoms with van der Waals surface area (Å²) in [5.74, 6) is 0. The van der Waals surface area contributed by atoms with Crippen LogP contribution in [0.15, 0.2) is 60.7 Å². The van der Waals surface area contributed by atoms with Gasteiger partial charge in [0, 0.05) is 19.6 Å². The molecule has 0 saturated heterocycles. The first-order chi connectivity index (χ1) is 17.2. The molecule has 0 bridgehead atoms. The van der Waals surface area contributed by atoms with E-state index in [0.717, 1.165) is 78.3 Å². The molecule has 0 heterocycles. The highest BCUT2D eigenvalue weighted by Gasteiger charge is 2.13. The van der Waals surface area contributed by atoms with E-state index in [-0.39, 0.29) is 6.10 Å². The fourth-order valence-electron chi connectivity index (χ4n) is 4.46. The number of unbranched alkanes of at least 4 members (excludes halogenated alkanes) is 2. The van der Waals surface area contributed by atoms with Crippen molar-refractivity contribution in [1.29, 1.82) is 0 Å². The van der Waals surface area contributed by atoms with Gasteiger partial charge in [0.05, 0.1) is 6.10 Å². The molecule has 5 nitrogen and oxygen atoms in total. The van der Waals surface area contributed by atoms with E-state index in [0.29, 0.717) is 0 Å². The molecule has 0 amide bonds. The van der Waals surface area contributed by atoms with Crippen molar-refractivity contribution in [2.75, 3.05) is 52.4 Å². The van der Waals surface area contributed by atoms with E-state index < -0.39 is 0 Å². The quantitative estimate of drug-likeness (QED) is 0.228. The fourth-order valence-corrected chi connectivity index (χ4v) is 4.46. The third kappa shape index (κ3) is 14.4. The van der Waals surface area contributed by atoms with Crippen LogP contribution >= 0.6 is 0 Å². The Kier molecular flexibility index (Phi) is 16.4. The number of aliphatic hydroxyl groups is 1. The molecule has 0 aliphatic heterocycles. The molecule has 35 heavy (non-hydrogen) atoms. The van der Waals surface area contributed by atoms with Crippen LogP contribution in [0.25, 0.3) is 0 Å². The fraction of sp³-hybridized carbons (Fsp3) is 0.600. The first kappa shape index (κ1) is 29.5. The lowest BCUT2D eigenvalue weighted by atomic mass is 10.1. The van der Waals surface area contributed by atoms with E-state index in [1.54, 1.807) is 0 Å². The van der Waals surface area contributed by atoms with Gasteiger partial charge in [0.15, 0.2) is 0 Å². The standard InChI is InChI=1S/C30H50N4O/c1-3-31-20-11-12-22-33(25-28-15-7-5-8-16-28)23-13-14-24-34(26-29-17-9-6-10-18-29)27-30(35)19-21-32-4-2/h5-10,15-18,30-32,35H,3-4,11-14,19-27H2,1-2H3/t30-/m0/s1. The first-order valence-electron chi connectivity index (χ1n) is 13.8. The van der Waals surface area contributed by atoms with Crippen LogP contribution in [0.2, 0.25) is 0 Å². The van der Waals surface area contributed by atoms with Gasteiger partial charge in [-0.25, -0.2) is 0 Å². The summed E-state index contributed by atoms with van der Waals surface area (Å²) in [5, 5.41) is 17.4. The number of hydrogen-bond acceptors (Lipinski definition) is 5. The van der Waals surface area contributed by atoms with Crippen molar-refractivity contribution in [2.45, 2.75) is 65.1 Å². The zero-order valence-electron chi connectivity index (χ0n) is 22.3. The van der Waals surface area contributed by atoms with Crippen LogP contribution in [0.3, 0.4) is 0 Å². The van der Waals surface area contributed by atoms with E-state index in [4.69, 9.17) is 0 Å². The van der Waals surface area contributed by atoms with Crippen LogP contribution in [0.5, 0.6) is 0 Å². The van der Waals surface area contributed by atoms with Gasteiger partial charge >= 0.3 is 0 Å². The van der Waals surface area contributed by atoms with Crippen molar-refractivity contribution in [2.24, 2.45) is 0 Å². The minimum absolute atomic E-state index is 0.288. The molecular formula is C30H50N4O. The lowest BCUT2D eigenvalue weighted by molar-refractivity contribution is 0.0996. The van der Waals surface area contributed by atoms with Crippen LogP contribution in [0.4, 0.5) is 0 Å². The number of rotatable bonds is 21. The summed E-state index contributed by atoms with van der Waals surface area (Å²) >= 11 is 0. The zero-order valence-corrected chi connectivity index (χ0v) is 22.3. The van der Waals surface area contributed by atoms with Gasteiger partial charge in [-0.1, -0.05) is 74.5 Å². The number of nitrogens with zero attached hydrogens (tertiary/aromatic N) is 2. The predicted molar refractivity (Wildman–Crippen MR) is 150 cm³/mol. The van der Waals surface area contributed by atoms with Crippen LogP contribution < -0.4 is 10.6 Å². The minimum Gasteiger partial charge on any atom is -0.392 e. The Balaban J connectivity index is 1.83. The Morgan fingerprint density at radius 1 is 0.657 bits per heavy atom. The third-order valence-electron chi connectivity index (χ3n) is 6.40. The van der Waals surface area contributed by atoms with E-state index in [9.17, 15) is 5.11 Å². The topological polar surface area (TPSA) is 50.8 Å². The Morgan fingerprint density at radius 2 is 1.14 bits per heavy atom. The molecule has 2 aromatic rings. The molecule has 0 aliphatic carbocycles. The Morgan fingerprint density at radius 3 is 1.71 bits per heavy atom. The van der Waals surface area contributed by atoms with E-state index in [2.05, 4.69) is 94.9 Å². The van der Waals surface area contributed by atoms with E-state index in [1.165, 1.54) is 30.4 Å². The molecule has 2 aromatic carbocycles. The first-order valence-corrected chi connectivity index (χ1v) is 13.8. The van der Waals surface area contributed by atoms with Crippen LogP contribution in [-0.2, 0) is 13.1 Å². The van der Waals surface area contributed by atoms with Crippen LogP contribution in [0.1, 0.15) is 57.1 Å². The zero-order chi connectivity index (χ0) is 25.0. The summed E-state index contributed by atoms with van der Waals surface area (Å²) in [5.41, 5.74) is 2.71. The predicted octanol–water partition coefficient (Wildman–Crippen LogP) is 4.52. The summed E-state index contributed by atoms with van der Waals surface area (Å²) in [7, 11) is 0. The molecule has 1 atom stereocenters. The van der Waals surface area contributed by atoms with Gasteiger partial charge in [-0.3, -0.25) is 9.80 Å². The lowest BCUT2D eigenvalue weighted by Crippen LogP contribution is -2.35. The van der Waals surface area contributed by atoms with Crippen molar-refractivity contribution in [3.63, 3.8) is 0 Å². The lowest BCUT2D eigenvalue weighted by Gasteiger charge is -2.27. The third-order valence-corrected chi connectivity index (χ3v) is 6.40. The molecule has 0 saturated carbocycles. The van der Waals surface area contributed by atoms with Gasteiger partial charge in [-0.05, 0) is 89.0 Å². The molecule has 2 rings (SSSR count). The number of hydrogen-bond donors (Lipinski definition) is 3. The molecule has 0 fully saturated rings. The number of benzene rings is 2. The van der Waals surface area contributed by atoms with Crippen molar-refractivity contribution >= 4 is 0 Å². The summed E-state index contributed by atoms with van der Waals surface area (Å²) in [6.45, 7) is 14.2. The van der Waals surface area contributed by atoms with Crippen molar-refractivity contribution in [3.8, 4) is 0 Å². The highest BCUT2D eigenvalue weighted by Crippen LogP contribution is 2.11. The molecule has 0 spiro atoms. The van der Waals surface area contributed by atoms with Gasteiger partial charge in [-0.2, -0.15) is 0 Å². The van der Waals surface area contributed by atoms with Crippen LogP contribution in [0, 0.1) is 0 Å². The largest absolute Gasteiger partial charge is 0.392 e. The van der Waals surface area contributed by atoms with Crippen molar-refractivity contribution in [1.82, 2.24) is 20.4 Å². The maximum Gasteiger partial charge on any atom is 0.0679 e. The summed E-state index contributed by atoms with van der Waals surface area (Å²) in [4.78, 5) is 5.05. The summed E-state index contributed by atoms with van der Waals surface area (Å²) < 4.78 is 0. The second-order valence-electron chi connectivity index (χ2n) is 9.55. The highest BCUT2D eigenvalue weighted by atomic mass is 16.3. The Bertz CT molecular complexity index is 728. The number of nitrogens with one attached hydrogen (secondary N) is 2. The summed E-state index contributed by atoms with van der Waals surface area (Å²) in [6, 6.07) is 21.5. The van der Waals surface area contributed by atoms with Crippen molar-refractivity contribution in [3.05, 3.63) is 71.8 Å². The maximum atomic E-state index is 10.6. The normalized spacial score (nSPS) is 12.5. The average molecular weight is 483 g/mol. The smallest absolute Gasteiger partial charge is 0.0679 e. The minimum atomic E-state index is -0.288. The Hall–Kier alpha value is -1.76. The molecule has 0 radical (unpaired) electrons. The molecule has 3 N–H and O–H groups in total. The monoisotopic (exact) mass is 482 g/mol. The summed E-state index contributed by atoms with van der Waals surface area (Å²) in [6.07, 6.45) is 5.31. The van der Waals surface area contributed by atoms with Gasteiger partial charge in [0.1, 0.15) is 0 Å². The number of aliphatic hydroxyl groups excluding tert-OH is 1. The second kappa shape index (κ2) is 19.4. The maximum absolute atomic E-state index is 10.6. The van der Waals surface area contributed by atoms with Gasteiger partial charge in [0.2, 0.25) is 0 Å². The van der Waals surface area contributed by atoms with Gasteiger partial charge in [-0.15, -0.1) is 0 Å². The second-order valence-corrected chi connectivity index (χ2v) is 9.55. The molecule has 0 aliphatic rings. The molecule has 5 heteroatoms. The molecular weight excluding hydrogens is 432 g/mol.